The van der Waals surface area contributed by atoms with E-state index in [-0.39, 0.29) is 6.61 Å². The lowest BCUT2D eigenvalue weighted by atomic mass is 10.1. The van der Waals surface area contributed by atoms with Crippen LogP contribution in [0.15, 0.2) is 24.3 Å². The molecule has 0 aliphatic heterocycles. The van der Waals surface area contributed by atoms with Crippen LogP contribution in [0.3, 0.4) is 0 Å². The van der Waals surface area contributed by atoms with Crippen LogP contribution in [0.4, 0.5) is 4.79 Å². The van der Waals surface area contributed by atoms with Gasteiger partial charge in [-0.25, -0.2) is 4.79 Å². The number of amides is 1. The van der Waals surface area contributed by atoms with Gasteiger partial charge >= 0.3 is 6.09 Å². The van der Waals surface area contributed by atoms with E-state index in [0.717, 1.165) is 18.4 Å². The van der Waals surface area contributed by atoms with Gasteiger partial charge in [0.2, 0.25) is 0 Å². The fourth-order valence-electron chi connectivity index (χ4n) is 1.45. The minimum atomic E-state index is -0.525. The van der Waals surface area contributed by atoms with Gasteiger partial charge in [-0.1, -0.05) is 37.1 Å². The Labute approximate surface area is 112 Å². The second kappa shape index (κ2) is 7.95. The molecule has 0 radical (unpaired) electrons. The number of hydrogen-bond donors (Lipinski definition) is 2. The zero-order chi connectivity index (χ0) is 13.4. The van der Waals surface area contributed by atoms with Crippen molar-refractivity contribution in [1.29, 1.82) is 0 Å². The molecule has 4 nitrogen and oxygen atoms in total. The van der Waals surface area contributed by atoms with Crippen LogP contribution >= 0.6 is 11.6 Å². The standard InChI is InChI=1S/C13H18ClNO3/c1-2-3-7-18-13(17)15-12(9-16)10-5-4-6-11(14)8-10/h4-6,8,12,16H,2-3,7,9H2,1H3,(H,15,17). The van der Waals surface area contributed by atoms with E-state index in [0.29, 0.717) is 11.6 Å². The van der Waals surface area contributed by atoms with E-state index in [1.165, 1.54) is 0 Å². The summed E-state index contributed by atoms with van der Waals surface area (Å²) in [5.41, 5.74) is 0.748. The number of carbonyl (C=O) groups excluding carboxylic acids is 1. The first-order valence-electron chi connectivity index (χ1n) is 5.97. The molecule has 1 amide bonds. The summed E-state index contributed by atoms with van der Waals surface area (Å²) in [5, 5.41) is 12.4. The van der Waals surface area contributed by atoms with Crippen LogP contribution in [-0.2, 0) is 4.74 Å². The average molecular weight is 272 g/mol. The molecule has 1 aromatic carbocycles. The van der Waals surface area contributed by atoms with Crippen molar-refractivity contribution in [1.82, 2.24) is 5.32 Å². The number of alkyl carbamates (subject to hydrolysis) is 1. The molecule has 0 heterocycles. The predicted molar refractivity (Wildman–Crippen MR) is 70.7 cm³/mol. The van der Waals surface area contributed by atoms with E-state index in [9.17, 15) is 9.90 Å². The van der Waals surface area contributed by atoms with Crippen molar-refractivity contribution >= 4 is 17.7 Å². The molecule has 0 spiro atoms. The Balaban J connectivity index is 2.54. The van der Waals surface area contributed by atoms with Crippen molar-refractivity contribution in [3.8, 4) is 0 Å². The summed E-state index contributed by atoms with van der Waals surface area (Å²) in [6.45, 7) is 2.20. The Kier molecular flexibility index (Phi) is 6.54. The third-order valence-corrected chi connectivity index (χ3v) is 2.69. The number of unbranched alkanes of at least 4 members (excludes halogenated alkanes) is 1. The van der Waals surface area contributed by atoms with Crippen molar-refractivity contribution in [2.24, 2.45) is 0 Å². The summed E-state index contributed by atoms with van der Waals surface area (Å²) in [5.74, 6) is 0. The molecule has 1 unspecified atom stereocenters. The van der Waals surface area contributed by atoms with Crippen LogP contribution in [0.25, 0.3) is 0 Å². The van der Waals surface area contributed by atoms with Gasteiger partial charge in [0, 0.05) is 5.02 Å². The van der Waals surface area contributed by atoms with Crippen LogP contribution in [0, 0.1) is 0 Å². The summed E-state index contributed by atoms with van der Waals surface area (Å²) in [7, 11) is 0. The first-order valence-corrected chi connectivity index (χ1v) is 6.34. The highest BCUT2D eigenvalue weighted by molar-refractivity contribution is 6.30. The van der Waals surface area contributed by atoms with E-state index >= 15 is 0 Å². The summed E-state index contributed by atoms with van der Waals surface area (Å²) in [4.78, 5) is 11.5. The van der Waals surface area contributed by atoms with E-state index in [2.05, 4.69) is 5.32 Å². The number of halogens is 1. The van der Waals surface area contributed by atoms with Crippen molar-refractivity contribution in [2.75, 3.05) is 13.2 Å². The van der Waals surface area contributed by atoms with Crippen LogP contribution in [0.2, 0.25) is 5.02 Å². The molecule has 5 heteroatoms. The molecular formula is C13H18ClNO3. The van der Waals surface area contributed by atoms with Gasteiger partial charge in [0.25, 0.3) is 0 Å². The molecule has 0 aliphatic rings. The largest absolute Gasteiger partial charge is 0.450 e. The van der Waals surface area contributed by atoms with Crippen LogP contribution in [0.5, 0.6) is 0 Å². The molecule has 1 aromatic rings. The Bertz CT molecular complexity index is 384. The lowest BCUT2D eigenvalue weighted by molar-refractivity contribution is 0.134. The maximum atomic E-state index is 11.5. The number of nitrogens with one attached hydrogen (secondary N) is 1. The van der Waals surface area contributed by atoms with Crippen molar-refractivity contribution in [2.45, 2.75) is 25.8 Å². The summed E-state index contributed by atoms with van der Waals surface area (Å²) in [6.07, 6.45) is 1.27. The smallest absolute Gasteiger partial charge is 0.407 e. The molecule has 2 N–H and O–H groups in total. The van der Waals surface area contributed by atoms with Crippen molar-refractivity contribution < 1.29 is 14.6 Å². The molecule has 0 aliphatic carbocycles. The Morgan fingerprint density at radius 3 is 2.94 bits per heavy atom. The second-order valence-corrected chi connectivity index (χ2v) is 4.36. The molecule has 18 heavy (non-hydrogen) atoms. The number of benzene rings is 1. The Morgan fingerprint density at radius 2 is 2.33 bits per heavy atom. The average Bonchev–Trinajstić information content (AvgIpc) is 2.36. The quantitative estimate of drug-likeness (QED) is 0.782. The lowest BCUT2D eigenvalue weighted by Gasteiger charge is -2.16. The van der Waals surface area contributed by atoms with Crippen LogP contribution in [-0.4, -0.2) is 24.4 Å². The third kappa shape index (κ3) is 4.94. The maximum Gasteiger partial charge on any atom is 0.407 e. The summed E-state index contributed by atoms with van der Waals surface area (Å²) >= 11 is 5.86. The SMILES string of the molecule is CCCCOC(=O)NC(CO)c1cccc(Cl)c1. The first-order chi connectivity index (χ1) is 8.67. The number of ether oxygens (including phenoxy) is 1. The van der Waals surface area contributed by atoms with Gasteiger partial charge in [0.05, 0.1) is 19.3 Å². The minimum absolute atomic E-state index is 0.205. The Morgan fingerprint density at radius 1 is 1.56 bits per heavy atom. The molecule has 0 fully saturated rings. The second-order valence-electron chi connectivity index (χ2n) is 3.92. The normalized spacial score (nSPS) is 11.9. The van der Waals surface area contributed by atoms with E-state index in [4.69, 9.17) is 16.3 Å². The molecule has 100 valence electrons. The minimum Gasteiger partial charge on any atom is -0.450 e. The fraction of sp³-hybridized carbons (Fsp3) is 0.462. The zero-order valence-corrected chi connectivity index (χ0v) is 11.1. The van der Waals surface area contributed by atoms with Gasteiger partial charge in [-0.3, -0.25) is 0 Å². The van der Waals surface area contributed by atoms with Gasteiger partial charge in [0.1, 0.15) is 0 Å². The van der Waals surface area contributed by atoms with Gasteiger partial charge in [-0.15, -0.1) is 0 Å². The molecular weight excluding hydrogens is 254 g/mol. The van der Waals surface area contributed by atoms with E-state index in [1.54, 1.807) is 24.3 Å². The number of hydrogen-bond acceptors (Lipinski definition) is 3. The zero-order valence-electron chi connectivity index (χ0n) is 10.4. The predicted octanol–water partition coefficient (Wildman–Crippen LogP) is 2.90. The van der Waals surface area contributed by atoms with Gasteiger partial charge in [-0.05, 0) is 24.1 Å². The monoisotopic (exact) mass is 271 g/mol. The number of carbonyl (C=O) groups is 1. The van der Waals surface area contributed by atoms with Crippen LogP contribution in [0.1, 0.15) is 31.4 Å². The van der Waals surface area contributed by atoms with E-state index in [1.807, 2.05) is 6.92 Å². The topological polar surface area (TPSA) is 58.6 Å². The molecule has 0 saturated carbocycles. The fourth-order valence-corrected chi connectivity index (χ4v) is 1.65. The van der Waals surface area contributed by atoms with Gasteiger partial charge in [-0.2, -0.15) is 0 Å². The van der Waals surface area contributed by atoms with Gasteiger partial charge < -0.3 is 15.2 Å². The summed E-state index contributed by atoms with van der Waals surface area (Å²) < 4.78 is 4.97. The van der Waals surface area contributed by atoms with Gasteiger partial charge in [0.15, 0.2) is 0 Å². The molecule has 1 rings (SSSR count). The van der Waals surface area contributed by atoms with Crippen LogP contribution < -0.4 is 5.32 Å². The van der Waals surface area contributed by atoms with Crippen molar-refractivity contribution in [3.05, 3.63) is 34.9 Å². The molecule has 0 aromatic heterocycles. The van der Waals surface area contributed by atoms with Crippen molar-refractivity contribution in [3.63, 3.8) is 0 Å². The Hall–Kier alpha value is -1.26. The van der Waals surface area contributed by atoms with E-state index < -0.39 is 12.1 Å². The number of aliphatic hydroxyl groups is 1. The highest BCUT2D eigenvalue weighted by atomic mass is 35.5. The molecule has 1 atom stereocenters. The highest BCUT2D eigenvalue weighted by Gasteiger charge is 2.14. The lowest BCUT2D eigenvalue weighted by Crippen LogP contribution is -2.31. The molecule has 0 saturated heterocycles. The maximum absolute atomic E-state index is 11.5. The number of aliphatic hydroxyl groups excluding tert-OH is 1. The molecule has 0 bridgehead atoms. The third-order valence-electron chi connectivity index (χ3n) is 2.46. The number of rotatable bonds is 6. The highest BCUT2D eigenvalue weighted by Crippen LogP contribution is 2.17. The summed E-state index contributed by atoms with van der Waals surface area (Å²) in [6, 6.07) is 6.50. The first kappa shape index (κ1) is 14.8.